The van der Waals surface area contributed by atoms with Crippen LogP contribution in [0.25, 0.3) is 11.0 Å². The van der Waals surface area contributed by atoms with Crippen LogP contribution in [0.5, 0.6) is 0 Å². The second-order valence-electron chi connectivity index (χ2n) is 6.55. The van der Waals surface area contributed by atoms with Gasteiger partial charge in [0.1, 0.15) is 11.0 Å². The molecule has 7 nitrogen and oxygen atoms in total. The second kappa shape index (κ2) is 5.81. The third-order valence-electron chi connectivity index (χ3n) is 4.90. The average molecular weight is 315 g/mol. The van der Waals surface area contributed by atoms with Gasteiger partial charge in [0.25, 0.3) is 0 Å². The number of nitrogens with one attached hydrogen (secondary N) is 3. The van der Waals surface area contributed by atoms with E-state index < -0.39 is 0 Å². The molecule has 0 radical (unpaired) electrons. The number of amides is 2. The van der Waals surface area contributed by atoms with E-state index in [0.717, 1.165) is 24.8 Å². The molecular weight excluding hydrogens is 294 g/mol. The number of nitrogens with zero attached hydrogens (tertiary/aromatic N) is 2. The molecular formula is C16H21N5O2. The van der Waals surface area contributed by atoms with Crippen molar-refractivity contribution in [1.29, 1.82) is 0 Å². The molecule has 1 aromatic carbocycles. The number of para-hydroxylation sites is 1. The summed E-state index contributed by atoms with van der Waals surface area (Å²) in [5, 5.41) is 16.5. The molecule has 7 heteroatoms. The normalized spacial score (nSPS) is 23.2. The topological polar surface area (TPSA) is 91.9 Å². The summed E-state index contributed by atoms with van der Waals surface area (Å²) in [5.74, 6) is 0. The lowest BCUT2D eigenvalue weighted by molar-refractivity contribution is -0.0245. The Morgan fingerprint density at radius 2 is 2.13 bits per heavy atom. The second-order valence-corrected chi connectivity index (χ2v) is 6.55. The number of aromatic nitrogens is 3. The number of fused-ring (bicyclic) bond motifs is 1. The molecule has 1 aliphatic heterocycles. The van der Waals surface area contributed by atoms with Crippen molar-refractivity contribution in [2.45, 2.75) is 50.2 Å². The van der Waals surface area contributed by atoms with E-state index in [0.29, 0.717) is 17.8 Å². The highest BCUT2D eigenvalue weighted by atomic mass is 16.5. The van der Waals surface area contributed by atoms with Crippen LogP contribution in [0, 0.1) is 0 Å². The van der Waals surface area contributed by atoms with Gasteiger partial charge in [-0.15, -0.1) is 0 Å². The van der Waals surface area contributed by atoms with E-state index in [4.69, 9.17) is 4.74 Å². The Balaban J connectivity index is 1.38. The molecule has 2 amide bonds. The van der Waals surface area contributed by atoms with Crippen LogP contribution in [-0.2, 0) is 4.74 Å². The van der Waals surface area contributed by atoms with Crippen molar-refractivity contribution in [3.05, 3.63) is 18.2 Å². The minimum Gasteiger partial charge on any atom is -0.373 e. The SMILES string of the molecule is O=C(Nc1cccc2n[nH]nc12)N[C@H]1COC2(CCCCC2)C1. The Morgan fingerprint density at radius 3 is 3.00 bits per heavy atom. The van der Waals surface area contributed by atoms with Crippen LogP contribution in [0.15, 0.2) is 18.2 Å². The van der Waals surface area contributed by atoms with Crippen molar-refractivity contribution in [2.24, 2.45) is 0 Å². The van der Waals surface area contributed by atoms with Crippen LogP contribution in [-0.4, -0.2) is 39.7 Å². The minimum atomic E-state index is -0.220. The number of urea groups is 1. The fourth-order valence-electron chi connectivity index (χ4n) is 3.79. The van der Waals surface area contributed by atoms with Gasteiger partial charge in [-0.05, 0) is 31.4 Å². The van der Waals surface area contributed by atoms with Crippen molar-refractivity contribution in [1.82, 2.24) is 20.7 Å². The molecule has 2 fully saturated rings. The van der Waals surface area contributed by atoms with Gasteiger partial charge in [-0.25, -0.2) is 4.79 Å². The summed E-state index contributed by atoms with van der Waals surface area (Å²) in [6, 6.07) is 5.36. The van der Waals surface area contributed by atoms with Crippen LogP contribution in [0.4, 0.5) is 10.5 Å². The molecule has 2 heterocycles. The van der Waals surface area contributed by atoms with Crippen LogP contribution in [0.1, 0.15) is 38.5 Å². The predicted octanol–water partition coefficient (Wildman–Crippen LogP) is 2.57. The zero-order valence-electron chi connectivity index (χ0n) is 13.0. The fourth-order valence-corrected chi connectivity index (χ4v) is 3.79. The smallest absolute Gasteiger partial charge is 0.319 e. The molecule has 3 N–H and O–H groups in total. The van der Waals surface area contributed by atoms with Crippen LogP contribution < -0.4 is 10.6 Å². The fraction of sp³-hybridized carbons (Fsp3) is 0.562. The largest absolute Gasteiger partial charge is 0.373 e. The van der Waals surface area contributed by atoms with Crippen molar-refractivity contribution in [2.75, 3.05) is 11.9 Å². The Bertz CT molecular complexity index is 707. The van der Waals surface area contributed by atoms with Crippen LogP contribution >= 0.6 is 0 Å². The van der Waals surface area contributed by atoms with Crippen molar-refractivity contribution in [3.63, 3.8) is 0 Å². The number of benzene rings is 1. The highest BCUT2D eigenvalue weighted by Crippen LogP contribution is 2.39. The first-order valence-corrected chi connectivity index (χ1v) is 8.25. The summed E-state index contributed by atoms with van der Waals surface area (Å²) in [6.45, 7) is 0.599. The van der Waals surface area contributed by atoms with Gasteiger partial charge in [0, 0.05) is 0 Å². The summed E-state index contributed by atoms with van der Waals surface area (Å²) in [4.78, 5) is 12.3. The minimum absolute atomic E-state index is 0.00231. The molecule has 122 valence electrons. The van der Waals surface area contributed by atoms with Gasteiger partial charge in [-0.2, -0.15) is 15.4 Å². The van der Waals surface area contributed by atoms with E-state index in [2.05, 4.69) is 26.0 Å². The standard InChI is InChI=1S/C16H21N5O2/c22-15(18-12-5-4-6-13-14(12)20-21-19-13)17-11-9-16(23-10-11)7-2-1-3-8-16/h4-6,11H,1-3,7-10H2,(H2,17,18,22)(H,19,20,21)/t11-/m1/s1. The molecule has 2 aromatic rings. The molecule has 1 saturated carbocycles. The molecule has 1 spiro atoms. The van der Waals surface area contributed by atoms with Crippen LogP contribution in [0.2, 0.25) is 0 Å². The van der Waals surface area contributed by atoms with E-state index in [-0.39, 0.29) is 17.7 Å². The molecule has 1 aliphatic carbocycles. The molecule has 0 bridgehead atoms. The quantitative estimate of drug-likeness (QED) is 0.794. The number of ether oxygens (including phenoxy) is 1. The first-order valence-electron chi connectivity index (χ1n) is 8.25. The van der Waals surface area contributed by atoms with E-state index in [1.807, 2.05) is 18.2 Å². The number of anilines is 1. The average Bonchev–Trinajstić information content (AvgIpc) is 3.16. The summed E-state index contributed by atoms with van der Waals surface area (Å²) in [5.41, 5.74) is 2.05. The van der Waals surface area contributed by atoms with Crippen molar-refractivity contribution >= 4 is 22.8 Å². The van der Waals surface area contributed by atoms with Gasteiger partial charge >= 0.3 is 6.03 Å². The number of hydrogen-bond acceptors (Lipinski definition) is 4. The molecule has 4 rings (SSSR count). The third kappa shape index (κ3) is 2.88. The summed E-state index contributed by atoms with van der Waals surface area (Å²) in [6.07, 6.45) is 6.90. The van der Waals surface area contributed by atoms with E-state index in [1.165, 1.54) is 19.3 Å². The summed E-state index contributed by atoms with van der Waals surface area (Å²) < 4.78 is 6.03. The lowest BCUT2D eigenvalue weighted by Gasteiger charge is -2.32. The molecule has 2 aliphatic rings. The first kappa shape index (κ1) is 14.4. The Morgan fingerprint density at radius 1 is 1.26 bits per heavy atom. The maximum absolute atomic E-state index is 12.3. The molecule has 0 unspecified atom stereocenters. The van der Waals surface area contributed by atoms with E-state index in [1.54, 1.807) is 0 Å². The number of aromatic amines is 1. The third-order valence-corrected chi connectivity index (χ3v) is 4.90. The number of rotatable bonds is 2. The zero-order chi connectivity index (χ0) is 15.7. The van der Waals surface area contributed by atoms with Gasteiger partial charge in [0.2, 0.25) is 0 Å². The maximum atomic E-state index is 12.3. The number of hydrogen-bond donors (Lipinski definition) is 3. The maximum Gasteiger partial charge on any atom is 0.319 e. The van der Waals surface area contributed by atoms with Gasteiger partial charge in [-0.1, -0.05) is 25.3 Å². The van der Waals surface area contributed by atoms with Crippen LogP contribution in [0.3, 0.4) is 0 Å². The number of H-pyrrole nitrogens is 1. The van der Waals surface area contributed by atoms with Gasteiger partial charge in [-0.3, -0.25) is 0 Å². The molecule has 1 saturated heterocycles. The summed E-state index contributed by atoms with van der Waals surface area (Å²) in [7, 11) is 0. The molecule has 23 heavy (non-hydrogen) atoms. The Kier molecular flexibility index (Phi) is 3.65. The zero-order valence-corrected chi connectivity index (χ0v) is 13.0. The Labute approximate surface area is 134 Å². The first-order chi connectivity index (χ1) is 11.2. The van der Waals surface area contributed by atoms with Gasteiger partial charge in [0.05, 0.1) is 23.9 Å². The molecule has 1 aromatic heterocycles. The van der Waals surface area contributed by atoms with Crippen molar-refractivity contribution in [3.8, 4) is 0 Å². The Hall–Kier alpha value is -2.15. The lowest BCUT2D eigenvalue weighted by Crippen LogP contribution is -2.39. The highest BCUT2D eigenvalue weighted by molar-refractivity contribution is 5.98. The monoisotopic (exact) mass is 315 g/mol. The van der Waals surface area contributed by atoms with Crippen molar-refractivity contribution < 1.29 is 9.53 Å². The lowest BCUT2D eigenvalue weighted by atomic mass is 9.82. The molecule has 1 atom stereocenters. The summed E-state index contributed by atoms with van der Waals surface area (Å²) >= 11 is 0. The van der Waals surface area contributed by atoms with Gasteiger partial charge < -0.3 is 15.4 Å². The number of carbonyl (C=O) groups excluding carboxylic acids is 1. The predicted molar refractivity (Wildman–Crippen MR) is 86.2 cm³/mol. The van der Waals surface area contributed by atoms with E-state index >= 15 is 0 Å². The highest BCUT2D eigenvalue weighted by Gasteiger charge is 2.41. The number of carbonyl (C=O) groups is 1. The van der Waals surface area contributed by atoms with Gasteiger partial charge in [0.15, 0.2) is 0 Å². The van der Waals surface area contributed by atoms with E-state index in [9.17, 15) is 4.79 Å².